The van der Waals surface area contributed by atoms with Crippen LogP contribution in [-0.4, -0.2) is 76.9 Å². The van der Waals surface area contributed by atoms with Crippen molar-refractivity contribution in [2.75, 3.05) is 39.3 Å². The van der Waals surface area contributed by atoms with Gasteiger partial charge >= 0.3 is 0 Å². The van der Waals surface area contributed by atoms with Gasteiger partial charge in [-0.2, -0.15) is 0 Å². The highest BCUT2D eigenvalue weighted by Crippen LogP contribution is 2.19. The van der Waals surface area contributed by atoms with Crippen molar-refractivity contribution in [3.05, 3.63) is 72.1 Å². The first kappa shape index (κ1) is 29.4. The molecule has 0 aliphatic carbocycles. The van der Waals surface area contributed by atoms with Gasteiger partial charge in [-0.15, -0.1) is 0 Å². The zero-order chi connectivity index (χ0) is 28.3. The zero-order valence-corrected chi connectivity index (χ0v) is 23.9. The molecule has 2 heterocycles. The fraction of sp³-hybridized carbons (Fsp3) is 0.438. The van der Waals surface area contributed by atoms with E-state index in [1.165, 1.54) is 5.39 Å². The second-order valence-corrected chi connectivity index (χ2v) is 10.5. The molecule has 8 heteroatoms. The summed E-state index contributed by atoms with van der Waals surface area (Å²) in [5.74, 6) is -0.324. The highest BCUT2D eigenvalue weighted by Gasteiger charge is 2.23. The Morgan fingerprint density at radius 3 is 2.08 bits per heavy atom. The SMILES string of the molecule is CCN(CC)CCCC[C@H](N)C(=O)N(CCc1c[nH]c2ccccc12)CC(=O)NCCc1c[nH]c2ccccc12. The van der Waals surface area contributed by atoms with Crippen LogP contribution in [0.15, 0.2) is 60.9 Å². The highest BCUT2D eigenvalue weighted by atomic mass is 16.2. The number of nitrogens with zero attached hydrogens (tertiary/aromatic N) is 2. The third-order valence-corrected chi connectivity index (χ3v) is 7.81. The quantitative estimate of drug-likeness (QED) is 0.158. The number of para-hydroxylation sites is 2. The molecule has 214 valence electrons. The van der Waals surface area contributed by atoms with Crippen molar-refractivity contribution < 1.29 is 9.59 Å². The molecule has 8 nitrogen and oxygen atoms in total. The maximum atomic E-state index is 13.4. The second-order valence-electron chi connectivity index (χ2n) is 10.5. The lowest BCUT2D eigenvalue weighted by Crippen LogP contribution is -2.48. The van der Waals surface area contributed by atoms with Crippen LogP contribution in [0.5, 0.6) is 0 Å². The number of unbranched alkanes of at least 4 members (excludes halogenated alkanes) is 1. The van der Waals surface area contributed by atoms with Crippen LogP contribution < -0.4 is 11.1 Å². The number of hydrogen-bond donors (Lipinski definition) is 4. The number of H-pyrrole nitrogens is 2. The van der Waals surface area contributed by atoms with Crippen molar-refractivity contribution >= 4 is 33.6 Å². The van der Waals surface area contributed by atoms with Crippen LogP contribution >= 0.6 is 0 Å². The first-order chi connectivity index (χ1) is 19.5. The van der Waals surface area contributed by atoms with Gasteiger partial charge in [0.25, 0.3) is 0 Å². The molecule has 4 aromatic rings. The maximum absolute atomic E-state index is 13.4. The molecule has 40 heavy (non-hydrogen) atoms. The van der Waals surface area contributed by atoms with Gasteiger partial charge in [-0.3, -0.25) is 9.59 Å². The Balaban J connectivity index is 1.34. The lowest BCUT2D eigenvalue weighted by atomic mass is 10.1. The van der Waals surface area contributed by atoms with Crippen LogP contribution in [0.3, 0.4) is 0 Å². The summed E-state index contributed by atoms with van der Waals surface area (Å²) in [7, 11) is 0. The minimum atomic E-state index is -0.612. The van der Waals surface area contributed by atoms with Crippen molar-refractivity contribution in [3.8, 4) is 0 Å². The Morgan fingerprint density at radius 1 is 0.850 bits per heavy atom. The largest absolute Gasteiger partial charge is 0.361 e. The van der Waals surface area contributed by atoms with Gasteiger partial charge in [-0.1, -0.05) is 56.7 Å². The predicted molar refractivity (Wildman–Crippen MR) is 163 cm³/mol. The molecule has 0 saturated carbocycles. The van der Waals surface area contributed by atoms with E-state index in [1.54, 1.807) is 4.90 Å². The molecule has 0 saturated heterocycles. The van der Waals surface area contributed by atoms with Crippen molar-refractivity contribution in [2.45, 2.75) is 52.0 Å². The van der Waals surface area contributed by atoms with Crippen molar-refractivity contribution in [1.29, 1.82) is 0 Å². The van der Waals surface area contributed by atoms with E-state index in [0.717, 1.165) is 60.0 Å². The smallest absolute Gasteiger partial charge is 0.239 e. The van der Waals surface area contributed by atoms with Crippen molar-refractivity contribution in [2.24, 2.45) is 5.73 Å². The van der Waals surface area contributed by atoms with Gasteiger partial charge in [0.05, 0.1) is 12.6 Å². The first-order valence-corrected chi connectivity index (χ1v) is 14.6. The standard InChI is InChI=1S/C32H44N6O2/c1-3-37(4-2)19-10-9-13-28(33)32(40)38(20-17-25-22-36-30-15-8-6-12-27(25)30)23-31(39)34-18-16-24-21-35-29-14-7-5-11-26(24)29/h5-8,11-12,14-15,21-22,28,35-36H,3-4,9-10,13,16-20,23,33H2,1-2H3,(H,34,39)/t28-/m0/s1. The van der Waals surface area contributed by atoms with Gasteiger partial charge in [0.15, 0.2) is 0 Å². The van der Waals surface area contributed by atoms with E-state index < -0.39 is 6.04 Å². The summed E-state index contributed by atoms with van der Waals surface area (Å²) in [5.41, 5.74) is 10.8. The molecule has 1 atom stereocenters. The number of nitrogens with two attached hydrogens (primary N) is 1. The molecule has 0 spiro atoms. The summed E-state index contributed by atoms with van der Waals surface area (Å²) in [6.45, 7) is 8.33. The summed E-state index contributed by atoms with van der Waals surface area (Å²) in [5, 5.41) is 5.31. The van der Waals surface area contributed by atoms with Crippen LogP contribution in [0.4, 0.5) is 0 Å². The maximum Gasteiger partial charge on any atom is 0.239 e. The van der Waals surface area contributed by atoms with E-state index in [1.807, 2.05) is 48.8 Å². The Kier molecular flexibility index (Phi) is 10.8. The topological polar surface area (TPSA) is 110 Å². The van der Waals surface area contributed by atoms with Gasteiger partial charge in [-0.05, 0) is 68.6 Å². The van der Waals surface area contributed by atoms with Crippen LogP contribution in [-0.2, 0) is 22.4 Å². The Morgan fingerprint density at radius 2 is 1.45 bits per heavy atom. The molecule has 0 aliphatic heterocycles. The minimum absolute atomic E-state index is 0.00220. The number of hydrogen-bond acceptors (Lipinski definition) is 4. The second kappa shape index (κ2) is 14.7. The minimum Gasteiger partial charge on any atom is -0.361 e. The molecule has 0 bridgehead atoms. The average Bonchev–Trinajstić information content (AvgIpc) is 3.59. The van der Waals surface area contributed by atoms with E-state index in [0.29, 0.717) is 32.4 Å². The molecule has 0 fully saturated rings. The van der Waals surface area contributed by atoms with Gasteiger partial charge in [0.2, 0.25) is 11.8 Å². The molecule has 0 radical (unpaired) electrons. The molecule has 2 aromatic carbocycles. The number of carbonyl (C=O) groups excluding carboxylic acids is 2. The average molecular weight is 545 g/mol. The van der Waals surface area contributed by atoms with Crippen LogP contribution in [0.25, 0.3) is 21.8 Å². The number of rotatable bonds is 16. The molecular formula is C32H44N6O2. The van der Waals surface area contributed by atoms with E-state index in [9.17, 15) is 9.59 Å². The number of amides is 2. The summed E-state index contributed by atoms with van der Waals surface area (Å²) >= 11 is 0. The first-order valence-electron chi connectivity index (χ1n) is 14.6. The van der Waals surface area contributed by atoms with E-state index in [4.69, 9.17) is 5.73 Å². The van der Waals surface area contributed by atoms with Crippen LogP contribution in [0, 0.1) is 0 Å². The zero-order valence-electron chi connectivity index (χ0n) is 23.9. The Bertz CT molecular complexity index is 1370. The van der Waals surface area contributed by atoms with E-state index in [-0.39, 0.29) is 18.4 Å². The van der Waals surface area contributed by atoms with Crippen molar-refractivity contribution in [3.63, 3.8) is 0 Å². The number of carbonyl (C=O) groups is 2. The Labute approximate surface area is 237 Å². The summed E-state index contributed by atoms with van der Waals surface area (Å²) in [6.07, 6.45) is 7.85. The molecule has 0 unspecified atom stereocenters. The third-order valence-electron chi connectivity index (χ3n) is 7.81. The van der Waals surface area contributed by atoms with Crippen molar-refractivity contribution in [1.82, 2.24) is 25.1 Å². The van der Waals surface area contributed by atoms with Crippen LogP contribution in [0.1, 0.15) is 44.2 Å². The molecule has 0 aliphatic rings. The fourth-order valence-corrected chi connectivity index (χ4v) is 5.36. The number of aromatic nitrogens is 2. The number of aromatic amines is 2. The monoisotopic (exact) mass is 544 g/mol. The lowest BCUT2D eigenvalue weighted by molar-refractivity contribution is -0.137. The molecule has 2 amide bonds. The van der Waals surface area contributed by atoms with E-state index in [2.05, 4.69) is 46.2 Å². The number of nitrogens with one attached hydrogen (secondary N) is 3. The van der Waals surface area contributed by atoms with Gasteiger partial charge in [-0.25, -0.2) is 0 Å². The summed E-state index contributed by atoms with van der Waals surface area (Å²) in [6, 6.07) is 15.7. The normalized spacial score (nSPS) is 12.3. The highest BCUT2D eigenvalue weighted by molar-refractivity contribution is 5.88. The lowest BCUT2D eigenvalue weighted by Gasteiger charge is -2.25. The molecule has 4 rings (SSSR count). The van der Waals surface area contributed by atoms with Gasteiger partial charge < -0.3 is 30.8 Å². The summed E-state index contributed by atoms with van der Waals surface area (Å²) in [4.78, 5) is 37.0. The summed E-state index contributed by atoms with van der Waals surface area (Å²) < 4.78 is 0. The molecule has 5 N–H and O–H groups in total. The third kappa shape index (κ3) is 7.73. The fourth-order valence-electron chi connectivity index (χ4n) is 5.36. The number of benzene rings is 2. The molecular weight excluding hydrogens is 500 g/mol. The van der Waals surface area contributed by atoms with E-state index >= 15 is 0 Å². The van der Waals surface area contributed by atoms with Gasteiger partial charge in [0.1, 0.15) is 0 Å². The Hall–Kier alpha value is -3.62. The van der Waals surface area contributed by atoms with Gasteiger partial charge in [0, 0.05) is 47.3 Å². The molecule has 2 aromatic heterocycles. The predicted octanol–water partition coefficient (Wildman–Crippen LogP) is 4.22. The number of fused-ring (bicyclic) bond motifs is 2. The van der Waals surface area contributed by atoms with Crippen LogP contribution in [0.2, 0.25) is 0 Å².